The lowest BCUT2D eigenvalue weighted by molar-refractivity contribution is -0.131. The van der Waals surface area contributed by atoms with Crippen LogP contribution in [-0.4, -0.2) is 35.8 Å². The predicted molar refractivity (Wildman–Crippen MR) is 98.6 cm³/mol. The van der Waals surface area contributed by atoms with Gasteiger partial charge in [-0.3, -0.25) is 9.59 Å². The smallest absolute Gasteiger partial charge is 0.251 e. The second kappa shape index (κ2) is 8.32. The molecule has 1 heterocycles. The first-order valence-electron chi connectivity index (χ1n) is 8.60. The van der Waals surface area contributed by atoms with E-state index in [0.717, 1.165) is 5.56 Å². The number of rotatable bonds is 4. The van der Waals surface area contributed by atoms with Crippen LogP contribution < -0.4 is 5.32 Å². The van der Waals surface area contributed by atoms with Gasteiger partial charge < -0.3 is 10.2 Å². The summed E-state index contributed by atoms with van der Waals surface area (Å²) in [6.07, 6.45) is 1.77. The molecule has 1 aliphatic rings. The van der Waals surface area contributed by atoms with Crippen LogP contribution in [0.3, 0.4) is 0 Å². The molecule has 136 valence electrons. The lowest BCUT2D eigenvalue weighted by Crippen LogP contribution is -2.47. The zero-order valence-corrected chi connectivity index (χ0v) is 15.0. The van der Waals surface area contributed by atoms with E-state index >= 15 is 0 Å². The van der Waals surface area contributed by atoms with Gasteiger partial charge in [0.1, 0.15) is 5.82 Å². The molecule has 2 aromatic carbocycles. The van der Waals surface area contributed by atoms with Gasteiger partial charge in [0.2, 0.25) is 5.91 Å². The number of carbonyl (C=O) groups is 2. The van der Waals surface area contributed by atoms with Gasteiger partial charge in [-0.1, -0.05) is 23.7 Å². The largest absolute Gasteiger partial charge is 0.349 e. The molecule has 0 radical (unpaired) electrons. The van der Waals surface area contributed by atoms with Crippen molar-refractivity contribution in [2.45, 2.75) is 25.3 Å². The monoisotopic (exact) mass is 374 g/mol. The van der Waals surface area contributed by atoms with Crippen molar-refractivity contribution in [2.24, 2.45) is 0 Å². The van der Waals surface area contributed by atoms with Crippen LogP contribution in [0.1, 0.15) is 28.8 Å². The predicted octanol–water partition coefficient (Wildman–Crippen LogP) is 3.44. The number of carbonyl (C=O) groups excluding carboxylic acids is 2. The van der Waals surface area contributed by atoms with E-state index in [-0.39, 0.29) is 23.7 Å². The first kappa shape index (κ1) is 18.4. The van der Waals surface area contributed by atoms with Crippen molar-refractivity contribution in [1.29, 1.82) is 0 Å². The van der Waals surface area contributed by atoms with Crippen LogP contribution in [0.25, 0.3) is 0 Å². The molecule has 3 rings (SSSR count). The van der Waals surface area contributed by atoms with Crippen molar-refractivity contribution in [3.63, 3.8) is 0 Å². The number of halogens is 2. The van der Waals surface area contributed by atoms with E-state index in [1.807, 2.05) is 17.0 Å². The third-order valence-corrected chi connectivity index (χ3v) is 4.81. The Balaban J connectivity index is 1.47. The molecule has 0 aromatic heterocycles. The summed E-state index contributed by atoms with van der Waals surface area (Å²) < 4.78 is 12.9. The Kier molecular flexibility index (Phi) is 5.89. The van der Waals surface area contributed by atoms with Crippen LogP contribution in [0, 0.1) is 5.82 Å². The summed E-state index contributed by atoms with van der Waals surface area (Å²) in [6, 6.07) is 12.8. The van der Waals surface area contributed by atoms with Gasteiger partial charge in [0, 0.05) is 29.7 Å². The maximum atomic E-state index is 12.9. The Morgan fingerprint density at radius 2 is 1.65 bits per heavy atom. The molecule has 26 heavy (non-hydrogen) atoms. The summed E-state index contributed by atoms with van der Waals surface area (Å²) in [4.78, 5) is 26.4. The van der Waals surface area contributed by atoms with E-state index < -0.39 is 0 Å². The summed E-state index contributed by atoms with van der Waals surface area (Å²) in [6.45, 7) is 1.22. The minimum absolute atomic E-state index is 0.0205. The molecule has 0 bridgehead atoms. The minimum Gasteiger partial charge on any atom is -0.349 e. The van der Waals surface area contributed by atoms with Gasteiger partial charge in [-0.2, -0.15) is 0 Å². The highest BCUT2D eigenvalue weighted by molar-refractivity contribution is 6.30. The van der Waals surface area contributed by atoms with Crippen molar-refractivity contribution in [2.75, 3.05) is 13.1 Å². The van der Waals surface area contributed by atoms with E-state index in [9.17, 15) is 14.0 Å². The molecule has 2 amide bonds. The summed E-state index contributed by atoms with van der Waals surface area (Å²) in [7, 11) is 0. The molecule has 6 heteroatoms. The molecule has 1 fully saturated rings. The van der Waals surface area contributed by atoms with E-state index in [1.54, 1.807) is 12.1 Å². The fourth-order valence-corrected chi connectivity index (χ4v) is 3.16. The molecule has 0 aliphatic carbocycles. The number of benzene rings is 2. The van der Waals surface area contributed by atoms with Crippen LogP contribution >= 0.6 is 11.6 Å². The molecular formula is C20H20ClFN2O2. The average Bonchev–Trinajstić information content (AvgIpc) is 2.64. The maximum absolute atomic E-state index is 12.9. The van der Waals surface area contributed by atoms with Gasteiger partial charge in [-0.15, -0.1) is 0 Å². The first-order chi connectivity index (χ1) is 12.5. The molecule has 0 unspecified atom stereocenters. The Labute approximate surface area is 157 Å². The number of hydrogen-bond donors (Lipinski definition) is 1. The molecule has 0 atom stereocenters. The van der Waals surface area contributed by atoms with Gasteiger partial charge in [0.05, 0.1) is 6.42 Å². The number of nitrogens with one attached hydrogen (secondary N) is 1. The number of nitrogens with zero attached hydrogens (tertiary/aromatic N) is 1. The van der Waals surface area contributed by atoms with Crippen LogP contribution in [0.4, 0.5) is 4.39 Å². The molecule has 1 aliphatic heterocycles. The molecule has 2 aromatic rings. The lowest BCUT2D eigenvalue weighted by Gasteiger charge is -2.32. The highest BCUT2D eigenvalue weighted by Crippen LogP contribution is 2.15. The van der Waals surface area contributed by atoms with E-state index in [0.29, 0.717) is 42.9 Å². The van der Waals surface area contributed by atoms with E-state index in [4.69, 9.17) is 11.6 Å². The van der Waals surface area contributed by atoms with Crippen LogP contribution in [-0.2, 0) is 11.2 Å². The number of hydrogen-bond acceptors (Lipinski definition) is 2. The minimum atomic E-state index is -0.367. The highest BCUT2D eigenvalue weighted by atomic mass is 35.5. The zero-order valence-electron chi connectivity index (χ0n) is 14.3. The lowest BCUT2D eigenvalue weighted by atomic mass is 10.0. The molecular weight excluding hydrogens is 355 g/mol. The molecule has 0 spiro atoms. The van der Waals surface area contributed by atoms with Gasteiger partial charge in [-0.05, 0) is 54.8 Å². The summed E-state index contributed by atoms with van der Waals surface area (Å²) >= 11 is 5.86. The number of amides is 2. The topological polar surface area (TPSA) is 49.4 Å². The zero-order chi connectivity index (χ0) is 18.5. The SMILES string of the molecule is O=C(NC1CCN(C(=O)Cc2ccc(Cl)cc2)CC1)c1ccc(F)cc1. The fourth-order valence-electron chi connectivity index (χ4n) is 3.03. The Morgan fingerprint density at radius 1 is 1.04 bits per heavy atom. The van der Waals surface area contributed by atoms with Crippen molar-refractivity contribution in [3.05, 3.63) is 70.5 Å². The molecule has 1 saturated heterocycles. The second-order valence-corrected chi connectivity index (χ2v) is 6.88. The third-order valence-electron chi connectivity index (χ3n) is 4.56. The standard InChI is InChI=1S/C20H20ClFN2O2/c21-16-5-1-14(2-6-16)13-19(25)24-11-9-18(10-12-24)23-20(26)15-3-7-17(22)8-4-15/h1-8,18H,9-13H2,(H,23,26). The van der Waals surface area contributed by atoms with Gasteiger partial charge >= 0.3 is 0 Å². The number of likely N-dealkylation sites (tertiary alicyclic amines) is 1. The van der Waals surface area contributed by atoms with Crippen molar-refractivity contribution < 1.29 is 14.0 Å². The van der Waals surface area contributed by atoms with Crippen molar-refractivity contribution in [1.82, 2.24) is 10.2 Å². The van der Waals surface area contributed by atoms with Crippen molar-refractivity contribution in [3.8, 4) is 0 Å². The van der Waals surface area contributed by atoms with Crippen LogP contribution in [0.5, 0.6) is 0 Å². The maximum Gasteiger partial charge on any atom is 0.251 e. The summed E-state index contributed by atoms with van der Waals surface area (Å²) in [5, 5.41) is 3.61. The van der Waals surface area contributed by atoms with Crippen molar-refractivity contribution >= 4 is 23.4 Å². The van der Waals surface area contributed by atoms with Crippen LogP contribution in [0.2, 0.25) is 5.02 Å². The van der Waals surface area contributed by atoms with E-state index in [1.165, 1.54) is 24.3 Å². The molecule has 1 N–H and O–H groups in total. The summed E-state index contributed by atoms with van der Waals surface area (Å²) in [5.74, 6) is -0.499. The molecule has 4 nitrogen and oxygen atoms in total. The number of piperidine rings is 1. The Morgan fingerprint density at radius 3 is 2.27 bits per heavy atom. The average molecular weight is 375 g/mol. The normalized spacial score (nSPS) is 14.9. The third kappa shape index (κ3) is 4.82. The fraction of sp³-hybridized carbons (Fsp3) is 0.300. The van der Waals surface area contributed by atoms with Crippen LogP contribution in [0.15, 0.2) is 48.5 Å². The van der Waals surface area contributed by atoms with Gasteiger partial charge in [-0.25, -0.2) is 4.39 Å². The van der Waals surface area contributed by atoms with Gasteiger partial charge in [0.25, 0.3) is 5.91 Å². The molecule has 0 saturated carbocycles. The Hall–Kier alpha value is -2.40. The summed E-state index contributed by atoms with van der Waals surface area (Å²) in [5.41, 5.74) is 1.37. The van der Waals surface area contributed by atoms with E-state index in [2.05, 4.69) is 5.32 Å². The highest BCUT2D eigenvalue weighted by Gasteiger charge is 2.24. The van der Waals surface area contributed by atoms with Gasteiger partial charge in [0.15, 0.2) is 0 Å². The second-order valence-electron chi connectivity index (χ2n) is 6.44. The quantitative estimate of drug-likeness (QED) is 0.891. The first-order valence-corrected chi connectivity index (χ1v) is 8.98. The Bertz CT molecular complexity index is 769.